The van der Waals surface area contributed by atoms with E-state index in [0.717, 1.165) is 5.56 Å². The van der Waals surface area contributed by atoms with Gasteiger partial charge in [0.1, 0.15) is 5.75 Å². The van der Waals surface area contributed by atoms with Crippen LogP contribution in [0.25, 0.3) is 0 Å². The molecular weight excluding hydrogens is 166 g/mol. The Morgan fingerprint density at radius 2 is 2.00 bits per heavy atom. The molecule has 1 aromatic carbocycles. The van der Waals surface area contributed by atoms with Crippen molar-refractivity contribution in [3.05, 3.63) is 28.8 Å². The van der Waals surface area contributed by atoms with Crippen molar-refractivity contribution >= 4 is 5.91 Å². The third kappa shape index (κ3) is 1.80. The Hall–Kier alpha value is -1.51. The summed E-state index contributed by atoms with van der Waals surface area (Å²) in [5, 5.41) is 12.0. The second kappa shape index (κ2) is 3.47. The molecule has 0 atom stereocenters. The first-order chi connectivity index (χ1) is 6.06. The number of aryl methyl sites for hydroxylation is 1. The van der Waals surface area contributed by atoms with E-state index in [4.69, 9.17) is 0 Å². The van der Waals surface area contributed by atoms with Crippen molar-refractivity contribution in [1.29, 1.82) is 0 Å². The number of hydrogen-bond donors (Lipinski definition) is 2. The molecule has 2 N–H and O–H groups in total. The van der Waals surface area contributed by atoms with Crippen LogP contribution in [0.15, 0.2) is 12.1 Å². The first-order valence-corrected chi connectivity index (χ1v) is 4.08. The molecule has 0 aliphatic heterocycles. The summed E-state index contributed by atoms with van der Waals surface area (Å²) in [5.74, 6) is -0.00454. The zero-order chi connectivity index (χ0) is 10.0. The smallest absolute Gasteiger partial charge is 0.251 e. The average Bonchev–Trinajstić information content (AvgIpc) is 2.10. The Kier molecular flexibility index (Phi) is 2.56. The van der Waals surface area contributed by atoms with Gasteiger partial charge in [0.05, 0.1) is 0 Å². The predicted molar refractivity (Wildman–Crippen MR) is 51.0 cm³/mol. The lowest BCUT2D eigenvalue weighted by Crippen LogP contribution is -2.19. The molecule has 0 saturated carbocycles. The molecule has 70 valence electrons. The molecule has 0 radical (unpaired) electrons. The molecule has 0 heterocycles. The lowest BCUT2D eigenvalue weighted by atomic mass is 10.0. The van der Waals surface area contributed by atoms with Crippen molar-refractivity contribution in [3.63, 3.8) is 0 Å². The third-order valence-electron chi connectivity index (χ3n) is 2.00. The molecule has 1 aromatic rings. The molecule has 0 aromatic heterocycles. The molecule has 0 fully saturated rings. The highest BCUT2D eigenvalue weighted by molar-refractivity contribution is 5.96. The van der Waals surface area contributed by atoms with E-state index in [9.17, 15) is 9.90 Å². The van der Waals surface area contributed by atoms with Crippen LogP contribution >= 0.6 is 0 Å². The summed E-state index contributed by atoms with van der Waals surface area (Å²) in [6.45, 7) is 3.56. The van der Waals surface area contributed by atoms with Crippen molar-refractivity contribution in [2.24, 2.45) is 0 Å². The summed E-state index contributed by atoms with van der Waals surface area (Å²) in [7, 11) is 1.57. The van der Waals surface area contributed by atoms with Crippen LogP contribution in [-0.4, -0.2) is 18.1 Å². The van der Waals surface area contributed by atoms with Crippen molar-refractivity contribution in [1.82, 2.24) is 5.32 Å². The van der Waals surface area contributed by atoms with Gasteiger partial charge in [-0.1, -0.05) is 0 Å². The first kappa shape index (κ1) is 9.58. The maximum atomic E-state index is 11.3. The summed E-state index contributed by atoms with van der Waals surface area (Å²) in [5.41, 5.74) is 2.02. The standard InChI is InChI=1S/C10H13NO2/c1-6-4-8(10(13)11-3)7(2)9(12)5-6/h4-5,12H,1-3H3,(H,11,13). The van der Waals surface area contributed by atoms with Crippen molar-refractivity contribution < 1.29 is 9.90 Å². The van der Waals surface area contributed by atoms with Gasteiger partial charge in [0.2, 0.25) is 0 Å². The van der Waals surface area contributed by atoms with Crippen LogP contribution in [0.1, 0.15) is 21.5 Å². The molecule has 0 saturated heterocycles. The molecule has 3 heteroatoms. The fourth-order valence-electron chi connectivity index (χ4n) is 1.21. The van der Waals surface area contributed by atoms with Gasteiger partial charge in [-0.05, 0) is 31.5 Å². The Morgan fingerprint density at radius 3 is 2.54 bits per heavy atom. The number of phenolic OH excluding ortho intramolecular Hbond substituents is 1. The quantitative estimate of drug-likeness (QED) is 0.684. The van der Waals surface area contributed by atoms with Gasteiger partial charge in [0, 0.05) is 18.2 Å². The number of benzene rings is 1. The van der Waals surface area contributed by atoms with Crippen LogP contribution in [0.4, 0.5) is 0 Å². The highest BCUT2D eigenvalue weighted by Gasteiger charge is 2.10. The Labute approximate surface area is 77.4 Å². The van der Waals surface area contributed by atoms with Gasteiger partial charge >= 0.3 is 0 Å². The topological polar surface area (TPSA) is 49.3 Å². The molecule has 0 spiro atoms. The van der Waals surface area contributed by atoms with Gasteiger partial charge in [-0.25, -0.2) is 0 Å². The molecule has 0 aliphatic rings. The van der Waals surface area contributed by atoms with E-state index in [1.807, 2.05) is 6.92 Å². The minimum Gasteiger partial charge on any atom is -0.508 e. The van der Waals surface area contributed by atoms with Gasteiger partial charge in [-0.15, -0.1) is 0 Å². The number of carbonyl (C=O) groups excluding carboxylic acids is 1. The molecule has 0 aliphatic carbocycles. The highest BCUT2D eigenvalue weighted by atomic mass is 16.3. The van der Waals surface area contributed by atoms with Crippen LogP contribution in [0.5, 0.6) is 5.75 Å². The predicted octanol–water partition coefficient (Wildman–Crippen LogP) is 1.37. The Balaban J connectivity index is 3.28. The van der Waals surface area contributed by atoms with E-state index in [0.29, 0.717) is 11.1 Å². The van der Waals surface area contributed by atoms with Gasteiger partial charge in [-0.2, -0.15) is 0 Å². The number of phenols is 1. The van der Waals surface area contributed by atoms with Gasteiger partial charge in [0.25, 0.3) is 5.91 Å². The zero-order valence-electron chi connectivity index (χ0n) is 8.01. The van der Waals surface area contributed by atoms with Crippen LogP contribution in [0.2, 0.25) is 0 Å². The maximum absolute atomic E-state index is 11.3. The summed E-state index contributed by atoms with van der Waals surface area (Å²) in [6, 6.07) is 3.40. The molecule has 1 rings (SSSR count). The Bertz CT molecular complexity index is 345. The number of hydrogen-bond acceptors (Lipinski definition) is 2. The average molecular weight is 179 g/mol. The first-order valence-electron chi connectivity index (χ1n) is 4.08. The fraction of sp³-hybridized carbons (Fsp3) is 0.300. The lowest BCUT2D eigenvalue weighted by Gasteiger charge is -2.07. The minimum atomic E-state index is -0.170. The van der Waals surface area contributed by atoms with E-state index in [1.165, 1.54) is 0 Å². The normalized spacial score (nSPS) is 9.77. The van der Waals surface area contributed by atoms with Crippen LogP contribution in [0.3, 0.4) is 0 Å². The summed E-state index contributed by atoms with van der Waals surface area (Å²) < 4.78 is 0. The number of amides is 1. The van der Waals surface area contributed by atoms with E-state index in [2.05, 4.69) is 5.32 Å². The van der Waals surface area contributed by atoms with Crippen LogP contribution < -0.4 is 5.32 Å². The monoisotopic (exact) mass is 179 g/mol. The summed E-state index contributed by atoms with van der Waals surface area (Å²) in [4.78, 5) is 11.3. The van der Waals surface area contributed by atoms with Crippen molar-refractivity contribution in [2.45, 2.75) is 13.8 Å². The third-order valence-corrected chi connectivity index (χ3v) is 2.00. The minimum absolute atomic E-state index is 0.165. The lowest BCUT2D eigenvalue weighted by molar-refractivity contribution is 0.0962. The van der Waals surface area contributed by atoms with E-state index in [-0.39, 0.29) is 11.7 Å². The molecule has 0 bridgehead atoms. The molecule has 13 heavy (non-hydrogen) atoms. The second-order valence-electron chi connectivity index (χ2n) is 3.04. The number of carbonyl (C=O) groups is 1. The number of nitrogens with one attached hydrogen (secondary N) is 1. The summed E-state index contributed by atoms with van der Waals surface area (Å²) in [6.07, 6.45) is 0. The zero-order valence-corrected chi connectivity index (χ0v) is 8.01. The number of rotatable bonds is 1. The van der Waals surface area contributed by atoms with Crippen molar-refractivity contribution in [3.8, 4) is 5.75 Å². The highest BCUT2D eigenvalue weighted by Crippen LogP contribution is 2.21. The largest absolute Gasteiger partial charge is 0.508 e. The van der Waals surface area contributed by atoms with E-state index >= 15 is 0 Å². The molecular formula is C10H13NO2. The van der Waals surface area contributed by atoms with E-state index in [1.54, 1.807) is 26.1 Å². The Morgan fingerprint density at radius 1 is 1.38 bits per heavy atom. The van der Waals surface area contributed by atoms with Gasteiger partial charge in [0.15, 0.2) is 0 Å². The van der Waals surface area contributed by atoms with Gasteiger partial charge < -0.3 is 10.4 Å². The van der Waals surface area contributed by atoms with E-state index < -0.39 is 0 Å². The second-order valence-corrected chi connectivity index (χ2v) is 3.04. The maximum Gasteiger partial charge on any atom is 0.251 e. The molecule has 0 unspecified atom stereocenters. The molecule has 1 amide bonds. The summed E-state index contributed by atoms with van der Waals surface area (Å²) >= 11 is 0. The van der Waals surface area contributed by atoms with Crippen molar-refractivity contribution in [2.75, 3.05) is 7.05 Å². The fourth-order valence-corrected chi connectivity index (χ4v) is 1.21. The molecule has 3 nitrogen and oxygen atoms in total. The number of aromatic hydroxyl groups is 1. The van der Waals surface area contributed by atoms with Gasteiger partial charge in [-0.3, -0.25) is 4.79 Å². The van der Waals surface area contributed by atoms with Crippen LogP contribution in [-0.2, 0) is 0 Å². The van der Waals surface area contributed by atoms with Crippen LogP contribution in [0, 0.1) is 13.8 Å². The SMILES string of the molecule is CNC(=O)c1cc(C)cc(O)c1C.